The molecule has 0 bridgehead atoms. The van der Waals surface area contributed by atoms with Crippen LogP contribution < -0.4 is 19.5 Å². The van der Waals surface area contributed by atoms with Crippen LogP contribution in [-0.2, 0) is 11.3 Å². The highest BCUT2D eigenvalue weighted by Crippen LogP contribution is 2.32. The lowest BCUT2D eigenvalue weighted by Crippen LogP contribution is -2.15. The maximum atomic E-state index is 12.8. The van der Waals surface area contributed by atoms with Gasteiger partial charge in [-0.05, 0) is 29.8 Å². The second-order valence-corrected chi connectivity index (χ2v) is 8.42. The number of benzene rings is 3. The lowest BCUT2D eigenvalue weighted by atomic mass is 10.1. The molecule has 1 amide bonds. The number of thioether (sulfide) groups is 1. The van der Waals surface area contributed by atoms with Crippen LogP contribution in [0, 0.1) is 0 Å². The van der Waals surface area contributed by atoms with Gasteiger partial charge in [-0.15, -0.1) is 10.2 Å². The second-order valence-electron chi connectivity index (χ2n) is 7.48. The van der Waals surface area contributed by atoms with Crippen LogP contribution >= 0.6 is 11.8 Å². The van der Waals surface area contributed by atoms with E-state index >= 15 is 0 Å². The number of hydrogen-bond acceptors (Lipinski definition) is 7. The molecule has 4 aromatic rings. The largest absolute Gasteiger partial charge is 0.497 e. The van der Waals surface area contributed by atoms with Crippen LogP contribution in [0.2, 0.25) is 0 Å². The number of rotatable bonds is 10. The molecule has 180 valence electrons. The Bertz CT molecular complexity index is 1290. The summed E-state index contributed by atoms with van der Waals surface area (Å²) in [5.41, 5.74) is 2.46. The Morgan fingerprint density at radius 1 is 0.886 bits per heavy atom. The first kappa shape index (κ1) is 24.2. The van der Waals surface area contributed by atoms with Crippen molar-refractivity contribution >= 4 is 23.4 Å². The smallest absolute Gasteiger partial charge is 0.234 e. The second kappa shape index (κ2) is 11.4. The van der Waals surface area contributed by atoms with E-state index in [1.165, 1.54) is 11.8 Å². The highest BCUT2D eigenvalue weighted by molar-refractivity contribution is 7.99. The summed E-state index contributed by atoms with van der Waals surface area (Å²) in [5, 5.41) is 12.4. The van der Waals surface area contributed by atoms with E-state index in [2.05, 4.69) is 15.5 Å². The number of methoxy groups -OCH3 is 3. The van der Waals surface area contributed by atoms with Crippen LogP contribution in [0.4, 0.5) is 5.69 Å². The van der Waals surface area contributed by atoms with E-state index in [4.69, 9.17) is 14.2 Å². The SMILES string of the molecule is COc1ccc(OC)c(NC(=O)CSc2nnc(-c3ccccc3OC)n2Cc2ccccc2)c1. The molecule has 0 fully saturated rings. The van der Waals surface area contributed by atoms with Crippen molar-refractivity contribution in [1.82, 2.24) is 14.8 Å². The van der Waals surface area contributed by atoms with Gasteiger partial charge in [-0.2, -0.15) is 0 Å². The molecule has 0 unspecified atom stereocenters. The molecule has 0 radical (unpaired) electrons. The van der Waals surface area contributed by atoms with Crippen LogP contribution in [0.15, 0.2) is 78.0 Å². The molecule has 3 aromatic carbocycles. The van der Waals surface area contributed by atoms with E-state index in [1.54, 1.807) is 39.5 Å². The average Bonchev–Trinajstić information content (AvgIpc) is 3.29. The van der Waals surface area contributed by atoms with Crippen molar-refractivity contribution in [2.45, 2.75) is 11.7 Å². The molecule has 0 atom stereocenters. The fourth-order valence-corrected chi connectivity index (χ4v) is 4.30. The molecule has 4 rings (SSSR count). The normalized spacial score (nSPS) is 10.6. The van der Waals surface area contributed by atoms with Crippen molar-refractivity contribution in [3.05, 3.63) is 78.4 Å². The van der Waals surface area contributed by atoms with Crippen molar-refractivity contribution in [3.63, 3.8) is 0 Å². The van der Waals surface area contributed by atoms with E-state index in [0.29, 0.717) is 40.5 Å². The zero-order chi connectivity index (χ0) is 24.6. The third-order valence-electron chi connectivity index (χ3n) is 5.26. The van der Waals surface area contributed by atoms with Crippen molar-refractivity contribution < 1.29 is 19.0 Å². The topological polar surface area (TPSA) is 87.5 Å². The van der Waals surface area contributed by atoms with Crippen molar-refractivity contribution in [1.29, 1.82) is 0 Å². The molecule has 0 aliphatic heterocycles. The van der Waals surface area contributed by atoms with Crippen molar-refractivity contribution in [2.75, 3.05) is 32.4 Å². The lowest BCUT2D eigenvalue weighted by molar-refractivity contribution is -0.113. The Kier molecular flexibility index (Phi) is 7.89. The van der Waals surface area contributed by atoms with Crippen LogP contribution in [0.25, 0.3) is 11.4 Å². The Balaban J connectivity index is 1.58. The monoisotopic (exact) mass is 490 g/mol. The third-order valence-corrected chi connectivity index (χ3v) is 6.23. The molecule has 0 saturated heterocycles. The minimum absolute atomic E-state index is 0.138. The van der Waals surface area contributed by atoms with Gasteiger partial charge in [-0.1, -0.05) is 54.2 Å². The molecular weight excluding hydrogens is 464 g/mol. The number of anilines is 1. The van der Waals surface area contributed by atoms with Gasteiger partial charge in [0.2, 0.25) is 5.91 Å². The van der Waals surface area contributed by atoms with Gasteiger partial charge >= 0.3 is 0 Å². The predicted molar refractivity (Wildman–Crippen MR) is 136 cm³/mol. The number of carbonyl (C=O) groups excluding carboxylic acids is 1. The van der Waals surface area contributed by atoms with Gasteiger partial charge < -0.3 is 19.5 Å². The fourth-order valence-electron chi connectivity index (χ4n) is 3.56. The number of hydrogen-bond donors (Lipinski definition) is 1. The standard InChI is InChI=1S/C26H26N4O4S/c1-32-19-13-14-23(34-3)21(15-19)27-24(31)17-35-26-29-28-25(20-11-7-8-12-22(20)33-2)30(26)16-18-9-5-4-6-10-18/h4-15H,16-17H2,1-3H3,(H,27,31). The van der Waals surface area contributed by atoms with E-state index in [0.717, 1.165) is 11.1 Å². The van der Waals surface area contributed by atoms with Gasteiger partial charge in [0.1, 0.15) is 17.2 Å². The van der Waals surface area contributed by atoms with E-state index in [9.17, 15) is 4.79 Å². The molecule has 1 aromatic heterocycles. The minimum atomic E-state index is -0.199. The Morgan fingerprint density at radius 3 is 2.37 bits per heavy atom. The average molecular weight is 491 g/mol. The number of carbonyl (C=O) groups is 1. The molecule has 0 spiro atoms. The number of nitrogens with one attached hydrogen (secondary N) is 1. The summed E-state index contributed by atoms with van der Waals surface area (Å²) in [5.74, 6) is 2.48. The van der Waals surface area contributed by atoms with Crippen LogP contribution in [-0.4, -0.2) is 47.8 Å². The van der Waals surface area contributed by atoms with Crippen LogP contribution in [0.1, 0.15) is 5.56 Å². The number of aromatic nitrogens is 3. The fraction of sp³-hybridized carbons (Fsp3) is 0.192. The summed E-state index contributed by atoms with van der Waals surface area (Å²) < 4.78 is 18.2. The van der Waals surface area contributed by atoms with Gasteiger partial charge in [0.05, 0.1) is 44.9 Å². The van der Waals surface area contributed by atoms with Gasteiger partial charge in [0.25, 0.3) is 0 Å². The molecule has 0 aliphatic carbocycles. The Labute approximate surface area is 208 Å². The molecular formula is C26H26N4O4S. The lowest BCUT2D eigenvalue weighted by Gasteiger charge is -2.13. The molecule has 35 heavy (non-hydrogen) atoms. The summed E-state index contributed by atoms with van der Waals surface area (Å²) in [6.45, 7) is 0.550. The summed E-state index contributed by atoms with van der Waals surface area (Å²) in [7, 11) is 4.75. The van der Waals surface area contributed by atoms with E-state index in [-0.39, 0.29) is 11.7 Å². The van der Waals surface area contributed by atoms with Gasteiger partial charge in [0.15, 0.2) is 11.0 Å². The Hall–Kier alpha value is -3.98. The maximum Gasteiger partial charge on any atom is 0.234 e. The van der Waals surface area contributed by atoms with Crippen molar-refractivity contribution in [2.24, 2.45) is 0 Å². The van der Waals surface area contributed by atoms with Crippen LogP contribution in [0.3, 0.4) is 0 Å². The van der Waals surface area contributed by atoms with Crippen molar-refractivity contribution in [3.8, 4) is 28.6 Å². The number of ether oxygens (including phenoxy) is 3. The summed E-state index contributed by atoms with van der Waals surface area (Å²) in [6, 6.07) is 23.0. The Morgan fingerprint density at radius 2 is 1.63 bits per heavy atom. The molecule has 8 nitrogen and oxygen atoms in total. The van der Waals surface area contributed by atoms with Gasteiger partial charge in [-0.3, -0.25) is 9.36 Å². The van der Waals surface area contributed by atoms with Crippen LogP contribution in [0.5, 0.6) is 17.2 Å². The predicted octanol–water partition coefficient (Wildman–Crippen LogP) is 4.75. The summed E-state index contributed by atoms with van der Waals surface area (Å²) in [4.78, 5) is 12.8. The van der Waals surface area contributed by atoms with Gasteiger partial charge in [-0.25, -0.2) is 0 Å². The highest BCUT2D eigenvalue weighted by Gasteiger charge is 2.19. The summed E-state index contributed by atoms with van der Waals surface area (Å²) >= 11 is 1.31. The maximum absolute atomic E-state index is 12.8. The molecule has 9 heteroatoms. The number of amides is 1. The van der Waals surface area contributed by atoms with Gasteiger partial charge in [0, 0.05) is 6.07 Å². The number of para-hydroxylation sites is 1. The highest BCUT2D eigenvalue weighted by atomic mass is 32.2. The molecule has 0 aliphatic rings. The zero-order valence-electron chi connectivity index (χ0n) is 19.7. The summed E-state index contributed by atoms with van der Waals surface area (Å²) in [6.07, 6.45) is 0. The molecule has 0 saturated carbocycles. The molecule has 1 N–H and O–H groups in total. The number of nitrogens with zero attached hydrogens (tertiary/aromatic N) is 3. The first-order chi connectivity index (χ1) is 17.1. The zero-order valence-corrected chi connectivity index (χ0v) is 20.5. The first-order valence-electron chi connectivity index (χ1n) is 10.9. The quantitative estimate of drug-likeness (QED) is 0.321. The third kappa shape index (κ3) is 5.75. The molecule has 1 heterocycles. The first-order valence-corrected chi connectivity index (χ1v) is 11.9. The van der Waals surface area contributed by atoms with E-state index < -0.39 is 0 Å². The minimum Gasteiger partial charge on any atom is -0.497 e. The van der Waals surface area contributed by atoms with E-state index in [1.807, 2.05) is 59.2 Å².